The molecule has 3 heteroatoms. The Morgan fingerprint density at radius 2 is 1.81 bits per heavy atom. The molecule has 2 aliphatic heterocycles. The monoisotopic (exact) mass is 302 g/mol. The molecule has 0 bridgehead atoms. The fourth-order valence-corrected chi connectivity index (χ4v) is 5.25. The van der Waals surface area contributed by atoms with E-state index in [2.05, 4.69) is 35.9 Å². The zero-order valence-corrected chi connectivity index (χ0v) is 14.1. The van der Waals surface area contributed by atoms with Gasteiger partial charge in [0.25, 0.3) is 0 Å². The third-order valence-electron chi connectivity index (χ3n) is 5.89. The number of benzene rings is 1. The van der Waals surface area contributed by atoms with Crippen LogP contribution in [0.25, 0.3) is 0 Å². The summed E-state index contributed by atoms with van der Waals surface area (Å²) in [5, 5.41) is 0. The number of hydrogen-bond acceptors (Lipinski definition) is 3. The zero-order valence-electron chi connectivity index (χ0n) is 13.2. The molecule has 21 heavy (non-hydrogen) atoms. The number of likely N-dealkylation sites (tertiary alicyclic amines) is 1. The molecule has 2 nitrogen and oxygen atoms in total. The maximum atomic E-state index is 5.15. The fourth-order valence-electron chi connectivity index (χ4n) is 4.72. The first-order valence-electron chi connectivity index (χ1n) is 8.42. The second-order valence-electron chi connectivity index (χ2n) is 7.24. The second kappa shape index (κ2) is 4.92. The Labute approximate surface area is 133 Å². The van der Waals surface area contributed by atoms with E-state index in [1.165, 1.54) is 50.8 Å². The summed E-state index contributed by atoms with van der Waals surface area (Å²) in [6.07, 6.45) is 7.65. The number of aryl methyl sites for hydroxylation is 2. The van der Waals surface area contributed by atoms with Gasteiger partial charge in [0.05, 0.1) is 4.87 Å². The van der Waals surface area contributed by atoms with Crippen molar-refractivity contribution in [3.63, 3.8) is 0 Å². The van der Waals surface area contributed by atoms with Gasteiger partial charge in [0.15, 0.2) is 0 Å². The molecule has 1 saturated heterocycles. The number of fused-ring (bicyclic) bond motifs is 2. The van der Waals surface area contributed by atoms with Crippen LogP contribution in [0.1, 0.15) is 42.9 Å². The smallest absolute Gasteiger partial charge is 0.0959 e. The molecule has 0 radical (unpaired) electrons. The Balaban J connectivity index is 1.69. The van der Waals surface area contributed by atoms with Gasteiger partial charge in [-0.05, 0) is 81.8 Å². The largest absolute Gasteiger partial charge is 0.355 e. The molecule has 3 aliphatic rings. The molecule has 2 heterocycles. The summed E-state index contributed by atoms with van der Waals surface area (Å²) in [4.78, 5) is 5.01. The number of hydrogen-bond donors (Lipinski definition) is 1. The quantitative estimate of drug-likeness (QED) is 0.838. The van der Waals surface area contributed by atoms with Gasteiger partial charge < -0.3 is 9.80 Å². The highest BCUT2D eigenvalue weighted by Crippen LogP contribution is 2.43. The normalized spacial score (nSPS) is 27.8. The molecule has 0 saturated carbocycles. The molecule has 2 atom stereocenters. The van der Waals surface area contributed by atoms with Gasteiger partial charge in [0.1, 0.15) is 0 Å². The van der Waals surface area contributed by atoms with E-state index in [1.54, 1.807) is 16.7 Å². The summed E-state index contributed by atoms with van der Waals surface area (Å²) in [5.74, 6) is 0. The van der Waals surface area contributed by atoms with Crippen molar-refractivity contribution in [2.45, 2.75) is 56.4 Å². The van der Waals surface area contributed by atoms with Crippen molar-refractivity contribution in [3.05, 3.63) is 28.8 Å². The molecule has 4 rings (SSSR count). The fraction of sp³-hybridized carbons (Fsp3) is 0.667. The maximum absolute atomic E-state index is 5.15. The SMILES string of the molecule is CN1CCC[C@@H]1C(C)(S)N1CCc2cc3c(cc21)CCC3. The van der Waals surface area contributed by atoms with Crippen LogP contribution in [0.4, 0.5) is 5.69 Å². The Bertz CT molecular complexity index is 567. The predicted octanol–water partition coefficient (Wildman–Crippen LogP) is 3.28. The van der Waals surface area contributed by atoms with E-state index in [-0.39, 0.29) is 4.87 Å². The van der Waals surface area contributed by atoms with Crippen LogP contribution in [0.3, 0.4) is 0 Å². The van der Waals surface area contributed by atoms with E-state index in [4.69, 9.17) is 12.6 Å². The van der Waals surface area contributed by atoms with Crippen molar-refractivity contribution >= 4 is 18.3 Å². The third-order valence-corrected chi connectivity index (χ3v) is 6.43. The van der Waals surface area contributed by atoms with Crippen molar-refractivity contribution in [2.75, 3.05) is 25.0 Å². The van der Waals surface area contributed by atoms with Crippen molar-refractivity contribution < 1.29 is 0 Å². The van der Waals surface area contributed by atoms with Crippen molar-refractivity contribution in [2.24, 2.45) is 0 Å². The molecule has 1 aromatic carbocycles. The number of likely N-dealkylation sites (N-methyl/N-ethyl adjacent to an activating group) is 1. The second-order valence-corrected chi connectivity index (χ2v) is 8.14. The van der Waals surface area contributed by atoms with Crippen molar-refractivity contribution in [1.29, 1.82) is 0 Å². The number of thiol groups is 1. The molecule has 0 aromatic heterocycles. The number of anilines is 1. The summed E-state index contributed by atoms with van der Waals surface area (Å²) in [6, 6.07) is 5.52. The first-order chi connectivity index (χ1) is 10.1. The van der Waals surface area contributed by atoms with Crippen LogP contribution < -0.4 is 4.90 Å². The molecular weight excluding hydrogens is 276 g/mol. The summed E-state index contributed by atoms with van der Waals surface area (Å²) in [7, 11) is 2.26. The lowest BCUT2D eigenvalue weighted by atomic mass is 10.0. The van der Waals surface area contributed by atoms with Crippen LogP contribution in [0.5, 0.6) is 0 Å². The van der Waals surface area contributed by atoms with E-state index in [9.17, 15) is 0 Å². The molecule has 114 valence electrons. The van der Waals surface area contributed by atoms with Crippen LogP contribution in [0.2, 0.25) is 0 Å². The van der Waals surface area contributed by atoms with E-state index in [0.717, 1.165) is 6.54 Å². The summed E-state index contributed by atoms with van der Waals surface area (Å²) >= 11 is 5.15. The average Bonchev–Trinajstić information content (AvgIpc) is 3.13. The van der Waals surface area contributed by atoms with Crippen molar-refractivity contribution in [3.8, 4) is 0 Å². The molecule has 0 N–H and O–H groups in total. The summed E-state index contributed by atoms with van der Waals surface area (Å²) in [5.41, 5.74) is 6.21. The van der Waals surface area contributed by atoms with E-state index in [0.29, 0.717) is 6.04 Å². The van der Waals surface area contributed by atoms with Crippen molar-refractivity contribution in [1.82, 2.24) is 4.90 Å². The Hall–Kier alpha value is -0.670. The molecule has 0 spiro atoms. The predicted molar refractivity (Wildman–Crippen MR) is 92.6 cm³/mol. The molecule has 1 aromatic rings. The molecule has 0 amide bonds. The van der Waals surface area contributed by atoms with Gasteiger partial charge >= 0.3 is 0 Å². The van der Waals surface area contributed by atoms with E-state index < -0.39 is 0 Å². The summed E-state index contributed by atoms with van der Waals surface area (Å²) < 4.78 is 0. The Morgan fingerprint density at radius 3 is 2.52 bits per heavy atom. The topological polar surface area (TPSA) is 6.48 Å². The van der Waals surface area contributed by atoms with Gasteiger partial charge in [0, 0.05) is 18.3 Å². The minimum absolute atomic E-state index is 0.0661. The van der Waals surface area contributed by atoms with Gasteiger partial charge in [-0.2, -0.15) is 0 Å². The first kappa shape index (κ1) is 14.0. The van der Waals surface area contributed by atoms with Crippen LogP contribution in [-0.4, -0.2) is 35.9 Å². The average molecular weight is 302 g/mol. The highest BCUT2D eigenvalue weighted by molar-refractivity contribution is 7.82. The molecular formula is C18H26N2S. The maximum Gasteiger partial charge on any atom is 0.0959 e. The van der Waals surface area contributed by atoms with E-state index >= 15 is 0 Å². The van der Waals surface area contributed by atoms with Crippen LogP contribution >= 0.6 is 12.6 Å². The lowest BCUT2D eigenvalue weighted by Gasteiger charge is -2.44. The highest BCUT2D eigenvalue weighted by Gasteiger charge is 2.43. The van der Waals surface area contributed by atoms with Gasteiger partial charge in [-0.1, -0.05) is 6.07 Å². The van der Waals surface area contributed by atoms with Crippen LogP contribution in [-0.2, 0) is 19.3 Å². The lowest BCUT2D eigenvalue weighted by Crippen LogP contribution is -2.54. The van der Waals surface area contributed by atoms with Gasteiger partial charge in [-0.25, -0.2) is 0 Å². The lowest BCUT2D eigenvalue weighted by molar-refractivity contribution is 0.257. The van der Waals surface area contributed by atoms with Gasteiger partial charge in [-0.3, -0.25) is 0 Å². The van der Waals surface area contributed by atoms with Gasteiger partial charge in [-0.15, -0.1) is 12.6 Å². The van der Waals surface area contributed by atoms with Crippen LogP contribution in [0, 0.1) is 0 Å². The standard InChI is InChI=1S/C18H26N2S/c1-18(21,17-7-4-9-19(17)2)20-10-8-15-11-13-5-3-6-14(13)12-16(15)20/h11-12,17,21H,3-10H2,1-2H3/t17-,18?/m1/s1. The molecule has 1 aliphatic carbocycles. The first-order valence-corrected chi connectivity index (χ1v) is 8.87. The minimum atomic E-state index is -0.0661. The molecule has 1 fully saturated rings. The summed E-state index contributed by atoms with van der Waals surface area (Å²) in [6.45, 7) is 4.67. The van der Waals surface area contributed by atoms with Crippen LogP contribution in [0.15, 0.2) is 12.1 Å². The minimum Gasteiger partial charge on any atom is -0.355 e. The van der Waals surface area contributed by atoms with E-state index in [1.807, 2.05) is 0 Å². The number of nitrogens with zero attached hydrogens (tertiary/aromatic N) is 2. The zero-order chi connectivity index (χ0) is 14.6. The highest BCUT2D eigenvalue weighted by atomic mass is 32.1. The Morgan fingerprint density at radius 1 is 1.05 bits per heavy atom. The number of rotatable bonds is 2. The molecule has 1 unspecified atom stereocenters. The Kier molecular flexibility index (Phi) is 3.27. The third kappa shape index (κ3) is 2.12. The van der Waals surface area contributed by atoms with Gasteiger partial charge in [0.2, 0.25) is 0 Å².